The van der Waals surface area contributed by atoms with Crippen LogP contribution in [0.2, 0.25) is 0 Å². The van der Waals surface area contributed by atoms with Crippen molar-refractivity contribution in [1.82, 2.24) is 0 Å². The van der Waals surface area contributed by atoms with Crippen LogP contribution in [0.4, 0.5) is 0 Å². The number of carboxylic acid groups (broad SMARTS) is 1. The molecule has 0 heterocycles. The van der Waals surface area contributed by atoms with Gasteiger partial charge in [0.1, 0.15) is 0 Å². The predicted octanol–water partition coefficient (Wildman–Crippen LogP) is 2.74. The Balaban J connectivity index is -0.0000000457. The largest absolute Gasteiger partial charge is 0.481 e. The van der Waals surface area contributed by atoms with Gasteiger partial charge in [0, 0.05) is 20.1 Å². The summed E-state index contributed by atoms with van der Waals surface area (Å²) < 4.78 is 4.83. The molecule has 0 saturated carbocycles. The number of ether oxygens (including phenoxy) is 1. The molecular weight excluding hydrogens is 168 g/mol. The van der Waals surface area contributed by atoms with Gasteiger partial charge < -0.3 is 9.84 Å². The highest BCUT2D eigenvalue weighted by Crippen LogP contribution is 1.64. The number of carbonyl (C=O) groups is 1. The first-order chi connectivity index (χ1) is 6.15. The average Bonchev–Trinajstić information content (AvgIpc) is 2.12. The van der Waals surface area contributed by atoms with Gasteiger partial charge in [-0.2, -0.15) is 0 Å². The number of hydrogen-bond donors (Lipinski definition) is 1. The Labute approximate surface area is 81.7 Å². The van der Waals surface area contributed by atoms with Crippen molar-refractivity contribution < 1.29 is 14.6 Å². The van der Waals surface area contributed by atoms with Gasteiger partial charge in [-0.3, -0.25) is 4.79 Å². The summed E-state index contributed by atoms with van der Waals surface area (Å²) in [6.45, 7) is 18.8. The summed E-state index contributed by atoms with van der Waals surface area (Å²) >= 11 is 0. The Hall–Kier alpha value is -1.09. The summed E-state index contributed by atoms with van der Waals surface area (Å²) in [5, 5.41) is 7.42. The van der Waals surface area contributed by atoms with Crippen LogP contribution in [-0.4, -0.2) is 24.3 Å². The smallest absolute Gasteiger partial charge is 0.300 e. The summed E-state index contributed by atoms with van der Waals surface area (Å²) in [7, 11) is 0. The molecule has 3 heteroatoms. The average molecular weight is 190 g/mol. The molecule has 1 N–H and O–H groups in total. The fourth-order valence-corrected chi connectivity index (χ4v) is 0.204. The van der Waals surface area contributed by atoms with E-state index in [1.807, 2.05) is 13.8 Å². The molecule has 0 rings (SSSR count). The number of aliphatic carboxylic acids is 1. The van der Waals surface area contributed by atoms with Gasteiger partial charge in [0.2, 0.25) is 0 Å². The molecule has 0 aliphatic rings. The van der Waals surface area contributed by atoms with Gasteiger partial charge in [-0.25, -0.2) is 0 Å². The number of hydrogen-bond acceptors (Lipinski definition) is 2. The van der Waals surface area contributed by atoms with E-state index in [4.69, 9.17) is 14.6 Å². The molecule has 0 spiro atoms. The molecule has 0 aromatic rings. The second-order valence-corrected chi connectivity index (χ2v) is 1.30. The van der Waals surface area contributed by atoms with E-state index in [1.54, 1.807) is 0 Å². The van der Waals surface area contributed by atoms with E-state index in [0.29, 0.717) is 0 Å². The molecule has 0 amide bonds. The van der Waals surface area contributed by atoms with Crippen molar-refractivity contribution in [2.75, 3.05) is 13.2 Å². The van der Waals surface area contributed by atoms with Crippen LogP contribution < -0.4 is 0 Å². The Bertz CT molecular complexity index is 74.2. The minimum absolute atomic E-state index is 0.833. The third kappa shape index (κ3) is 1050. The first kappa shape index (κ1) is 22.7. The minimum Gasteiger partial charge on any atom is -0.481 e. The summed E-state index contributed by atoms with van der Waals surface area (Å²) in [6.07, 6.45) is 0. The van der Waals surface area contributed by atoms with Crippen molar-refractivity contribution in [2.45, 2.75) is 20.8 Å². The van der Waals surface area contributed by atoms with Gasteiger partial charge in [0.15, 0.2) is 0 Å². The molecular formula is C10H22O3. The van der Waals surface area contributed by atoms with Gasteiger partial charge in [-0.1, -0.05) is 0 Å². The third-order valence-corrected chi connectivity index (χ3v) is 0.408. The lowest BCUT2D eigenvalue weighted by Crippen LogP contribution is -1.84. The van der Waals surface area contributed by atoms with Crippen molar-refractivity contribution in [3.05, 3.63) is 26.3 Å². The van der Waals surface area contributed by atoms with E-state index < -0.39 is 5.97 Å². The monoisotopic (exact) mass is 190 g/mol. The zero-order valence-electron chi connectivity index (χ0n) is 9.01. The second kappa shape index (κ2) is 44.4. The van der Waals surface area contributed by atoms with Gasteiger partial charge in [0.25, 0.3) is 5.97 Å². The molecule has 0 aromatic heterocycles. The molecule has 0 atom stereocenters. The Morgan fingerprint density at radius 1 is 1.15 bits per heavy atom. The Morgan fingerprint density at radius 3 is 1.31 bits per heavy atom. The van der Waals surface area contributed by atoms with Crippen LogP contribution in [0, 0.1) is 0 Å². The van der Waals surface area contributed by atoms with Crippen molar-refractivity contribution in [2.24, 2.45) is 0 Å². The SMILES string of the molecule is C=C.C=C.CC(=O)O.CCOCC. The predicted molar refractivity (Wildman–Crippen MR) is 58.0 cm³/mol. The van der Waals surface area contributed by atoms with Crippen molar-refractivity contribution >= 4 is 5.97 Å². The van der Waals surface area contributed by atoms with Gasteiger partial charge in [-0.05, 0) is 13.8 Å². The molecule has 0 saturated heterocycles. The molecule has 0 fully saturated rings. The van der Waals surface area contributed by atoms with E-state index in [0.717, 1.165) is 20.1 Å². The fourth-order valence-electron chi connectivity index (χ4n) is 0.204. The van der Waals surface area contributed by atoms with Crippen LogP contribution in [0.3, 0.4) is 0 Å². The second-order valence-electron chi connectivity index (χ2n) is 1.30. The molecule has 0 unspecified atom stereocenters. The lowest BCUT2D eigenvalue weighted by Gasteiger charge is -1.86. The Morgan fingerprint density at radius 2 is 1.31 bits per heavy atom. The van der Waals surface area contributed by atoms with E-state index in [9.17, 15) is 0 Å². The van der Waals surface area contributed by atoms with E-state index in [2.05, 4.69) is 26.3 Å². The lowest BCUT2D eigenvalue weighted by molar-refractivity contribution is -0.134. The van der Waals surface area contributed by atoms with Crippen LogP contribution >= 0.6 is 0 Å². The van der Waals surface area contributed by atoms with Crippen molar-refractivity contribution in [3.63, 3.8) is 0 Å². The van der Waals surface area contributed by atoms with E-state index in [-0.39, 0.29) is 0 Å². The summed E-state index contributed by atoms with van der Waals surface area (Å²) in [5.74, 6) is -0.833. The standard InChI is InChI=1S/C4H10O.C2H4O2.2C2H4/c1-3-5-4-2;1-2(3)4;2*1-2/h3-4H2,1-2H3;1H3,(H,3,4);2*1-2H2. The van der Waals surface area contributed by atoms with Crippen LogP contribution in [0.1, 0.15) is 20.8 Å². The summed E-state index contributed by atoms with van der Waals surface area (Å²) in [6, 6.07) is 0. The first-order valence-electron chi connectivity index (χ1n) is 3.92. The van der Waals surface area contributed by atoms with E-state index >= 15 is 0 Å². The highest BCUT2D eigenvalue weighted by molar-refractivity contribution is 5.62. The Kier molecular flexibility index (Phi) is 77.5. The topological polar surface area (TPSA) is 46.5 Å². The highest BCUT2D eigenvalue weighted by Gasteiger charge is 1.65. The highest BCUT2D eigenvalue weighted by atomic mass is 16.5. The lowest BCUT2D eigenvalue weighted by atomic mass is 10.8. The third-order valence-electron chi connectivity index (χ3n) is 0.408. The van der Waals surface area contributed by atoms with Crippen LogP contribution in [0.25, 0.3) is 0 Å². The van der Waals surface area contributed by atoms with Crippen molar-refractivity contribution in [1.29, 1.82) is 0 Å². The quantitative estimate of drug-likeness (QED) is 0.681. The van der Waals surface area contributed by atoms with Crippen LogP contribution in [0.15, 0.2) is 26.3 Å². The normalized spacial score (nSPS) is 5.77. The maximum Gasteiger partial charge on any atom is 0.300 e. The molecule has 0 bridgehead atoms. The number of rotatable bonds is 2. The maximum absolute atomic E-state index is 9.00. The van der Waals surface area contributed by atoms with Crippen LogP contribution in [0.5, 0.6) is 0 Å². The van der Waals surface area contributed by atoms with Gasteiger partial charge >= 0.3 is 0 Å². The minimum atomic E-state index is -0.833. The molecule has 0 radical (unpaired) electrons. The zero-order valence-corrected chi connectivity index (χ0v) is 9.01. The van der Waals surface area contributed by atoms with Gasteiger partial charge in [0.05, 0.1) is 0 Å². The molecule has 3 nitrogen and oxygen atoms in total. The molecule has 0 aliphatic heterocycles. The van der Waals surface area contributed by atoms with Gasteiger partial charge in [-0.15, -0.1) is 26.3 Å². The fraction of sp³-hybridized carbons (Fsp3) is 0.500. The van der Waals surface area contributed by atoms with Crippen LogP contribution in [-0.2, 0) is 9.53 Å². The van der Waals surface area contributed by atoms with Crippen molar-refractivity contribution in [3.8, 4) is 0 Å². The summed E-state index contributed by atoms with van der Waals surface area (Å²) in [5.41, 5.74) is 0. The molecule has 13 heavy (non-hydrogen) atoms. The number of carboxylic acids is 1. The molecule has 0 aromatic carbocycles. The molecule has 80 valence electrons. The first-order valence-corrected chi connectivity index (χ1v) is 3.92. The molecule has 0 aliphatic carbocycles. The van der Waals surface area contributed by atoms with E-state index in [1.165, 1.54) is 0 Å². The summed E-state index contributed by atoms with van der Waals surface area (Å²) in [4.78, 5) is 9.00. The zero-order chi connectivity index (χ0) is 11.7. The maximum atomic E-state index is 9.00.